The summed E-state index contributed by atoms with van der Waals surface area (Å²) in [6.07, 6.45) is 6.20. The highest BCUT2D eigenvalue weighted by molar-refractivity contribution is 5.88. The summed E-state index contributed by atoms with van der Waals surface area (Å²) in [5.41, 5.74) is -0.501. The molecule has 112 valence electrons. The van der Waals surface area contributed by atoms with Crippen molar-refractivity contribution in [2.45, 2.75) is 78.7 Å². The van der Waals surface area contributed by atoms with E-state index < -0.39 is 11.6 Å². The van der Waals surface area contributed by atoms with Gasteiger partial charge in [-0.3, -0.25) is 0 Å². The van der Waals surface area contributed by atoms with Crippen molar-refractivity contribution in [3.8, 4) is 0 Å². The highest BCUT2D eigenvalue weighted by Crippen LogP contribution is 2.42. The Balaban J connectivity index is 5.24. The van der Waals surface area contributed by atoms with Crippen LogP contribution in [0.25, 0.3) is 0 Å². The van der Waals surface area contributed by atoms with Gasteiger partial charge in [-0.1, -0.05) is 33.8 Å². The zero-order valence-electron chi connectivity index (χ0n) is 13.1. The fourth-order valence-corrected chi connectivity index (χ4v) is 2.54. The Kier molecular flexibility index (Phi) is 7.35. The number of aliphatic carboxylic acids is 1. The van der Waals surface area contributed by atoms with Gasteiger partial charge >= 0.3 is 5.97 Å². The molecule has 0 amide bonds. The molecular formula is C16H30O3. The van der Waals surface area contributed by atoms with Gasteiger partial charge < -0.3 is 10.2 Å². The maximum atomic E-state index is 11.5. The number of hydrogen-bond acceptors (Lipinski definition) is 2. The molecule has 0 rings (SSSR count). The second-order valence-electron chi connectivity index (χ2n) is 5.67. The Morgan fingerprint density at radius 2 is 1.58 bits per heavy atom. The third-order valence-corrected chi connectivity index (χ3v) is 4.47. The molecule has 1 unspecified atom stereocenters. The maximum Gasteiger partial charge on any atom is 0.331 e. The average Bonchev–Trinajstić information content (AvgIpc) is 2.38. The molecular weight excluding hydrogens is 240 g/mol. The van der Waals surface area contributed by atoms with Crippen molar-refractivity contribution in [1.82, 2.24) is 0 Å². The van der Waals surface area contributed by atoms with Gasteiger partial charge in [-0.05, 0) is 45.4 Å². The zero-order valence-corrected chi connectivity index (χ0v) is 13.1. The minimum absolute atomic E-state index is 0.318. The summed E-state index contributed by atoms with van der Waals surface area (Å²) in [5.74, 6) is -0.818. The summed E-state index contributed by atoms with van der Waals surface area (Å²) in [6.45, 7) is 9.82. The van der Waals surface area contributed by atoms with Crippen LogP contribution in [0.3, 0.4) is 0 Å². The molecule has 0 aliphatic heterocycles. The van der Waals surface area contributed by atoms with Gasteiger partial charge in [-0.25, -0.2) is 4.79 Å². The van der Waals surface area contributed by atoms with Crippen LogP contribution in [0.2, 0.25) is 0 Å². The summed E-state index contributed by atoms with van der Waals surface area (Å²) >= 11 is 0. The predicted octanol–water partition coefficient (Wildman–Crippen LogP) is 4.16. The van der Waals surface area contributed by atoms with Gasteiger partial charge in [0.1, 0.15) is 0 Å². The Morgan fingerprint density at radius 1 is 1.05 bits per heavy atom. The van der Waals surface area contributed by atoms with Gasteiger partial charge in [0.25, 0.3) is 0 Å². The molecule has 0 radical (unpaired) electrons. The van der Waals surface area contributed by atoms with E-state index >= 15 is 0 Å². The lowest BCUT2D eigenvalue weighted by Crippen LogP contribution is -2.31. The quantitative estimate of drug-likeness (QED) is 0.619. The van der Waals surface area contributed by atoms with Gasteiger partial charge in [0.05, 0.1) is 5.60 Å². The number of allylic oxidation sites excluding steroid dienone is 1. The topological polar surface area (TPSA) is 57.5 Å². The number of hydrogen-bond donors (Lipinski definition) is 2. The zero-order chi connectivity index (χ0) is 15.1. The monoisotopic (exact) mass is 270 g/mol. The number of carbonyl (C=O) groups is 1. The van der Waals surface area contributed by atoms with E-state index in [1.807, 2.05) is 40.7 Å². The van der Waals surface area contributed by atoms with E-state index in [0.717, 1.165) is 25.7 Å². The van der Waals surface area contributed by atoms with E-state index in [0.29, 0.717) is 18.4 Å². The summed E-state index contributed by atoms with van der Waals surface area (Å²) < 4.78 is 0. The highest BCUT2D eigenvalue weighted by atomic mass is 16.4. The SMILES string of the molecule is CCC=C(C(=O)O)C(CC)(CC)CCC(C)(O)CC. The van der Waals surface area contributed by atoms with Gasteiger partial charge in [0, 0.05) is 11.0 Å². The third kappa shape index (κ3) is 4.98. The van der Waals surface area contributed by atoms with Crippen molar-refractivity contribution < 1.29 is 15.0 Å². The first-order valence-corrected chi connectivity index (χ1v) is 7.44. The van der Waals surface area contributed by atoms with Crippen molar-refractivity contribution in [1.29, 1.82) is 0 Å². The van der Waals surface area contributed by atoms with E-state index in [-0.39, 0.29) is 5.41 Å². The summed E-state index contributed by atoms with van der Waals surface area (Å²) in [4.78, 5) is 11.5. The molecule has 0 bridgehead atoms. The molecule has 2 N–H and O–H groups in total. The molecule has 0 aromatic carbocycles. The van der Waals surface area contributed by atoms with Crippen LogP contribution in [0.5, 0.6) is 0 Å². The fraction of sp³-hybridized carbons (Fsp3) is 0.812. The van der Waals surface area contributed by atoms with Crippen LogP contribution in [0.1, 0.15) is 73.1 Å². The molecule has 1 atom stereocenters. The number of aliphatic hydroxyl groups is 1. The third-order valence-electron chi connectivity index (χ3n) is 4.47. The Bertz CT molecular complexity index is 312. The van der Waals surface area contributed by atoms with Crippen LogP contribution < -0.4 is 0 Å². The normalized spacial score (nSPS) is 16.2. The van der Waals surface area contributed by atoms with Crippen molar-refractivity contribution >= 4 is 5.97 Å². The first kappa shape index (κ1) is 18.2. The minimum atomic E-state index is -0.818. The molecule has 0 fully saturated rings. The average molecular weight is 270 g/mol. The Hall–Kier alpha value is -0.830. The summed E-state index contributed by atoms with van der Waals surface area (Å²) in [5, 5.41) is 19.6. The van der Waals surface area contributed by atoms with E-state index in [1.165, 1.54) is 0 Å². The van der Waals surface area contributed by atoms with Crippen LogP contribution in [0.15, 0.2) is 11.6 Å². The van der Waals surface area contributed by atoms with E-state index in [1.54, 1.807) is 0 Å². The second kappa shape index (κ2) is 7.68. The molecule has 0 saturated carbocycles. The number of rotatable bonds is 9. The van der Waals surface area contributed by atoms with Crippen LogP contribution in [-0.2, 0) is 4.79 Å². The summed E-state index contributed by atoms with van der Waals surface area (Å²) in [6, 6.07) is 0. The lowest BCUT2D eigenvalue weighted by Gasteiger charge is -2.35. The molecule has 0 saturated heterocycles. The van der Waals surface area contributed by atoms with Crippen LogP contribution in [0, 0.1) is 5.41 Å². The first-order valence-electron chi connectivity index (χ1n) is 7.44. The van der Waals surface area contributed by atoms with Gasteiger partial charge in [-0.15, -0.1) is 0 Å². The highest BCUT2D eigenvalue weighted by Gasteiger charge is 2.36. The van der Waals surface area contributed by atoms with Crippen molar-refractivity contribution in [3.63, 3.8) is 0 Å². The molecule has 0 aromatic rings. The fourth-order valence-electron chi connectivity index (χ4n) is 2.54. The minimum Gasteiger partial charge on any atom is -0.478 e. The predicted molar refractivity (Wildman–Crippen MR) is 79.2 cm³/mol. The number of carboxylic acid groups (broad SMARTS) is 1. The lowest BCUT2D eigenvalue weighted by atomic mass is 9.70. The maximum absolute atomic E-state index is 11.5. The Labute approximate surface area is 117 Å². The molecule has 0 heterocycles. The molecule has 19 heavy (non-hydrogen) atoms. The van der Waals surface area contributed by atoms with Crippen molar-refractivity contribution in [3.05, 3.63) is 11.6 Å². The molecule has 3 nitrogen and oxygen atoms in total. The van der Waals surface area contributed by atoms with Crippen molar-refractivity contribution in [2.24, 2.45) is 5.41 Å². The lowest BCUT2D eigenvalue weighted by molar-refractivity contribution is -0.134. The second-order valence-corrected chi connectivity index (χ2v) is 5.67. The van der Waals surface area contributed by atoms with E-state index in [2.05, 4.69) is 0 Å². The molecule has 3 heteroatoms. The largest absolute Gasteiger partial charge is 0.478 e. The molecule has 0 spiro atoms. The van der Waals surface area contributed by atoms with E-state index in [4.69, 9.17) is 0 Å². The van der Waals surface area contributed by atoms with Crippen molar-refractivity contribution in [2.75, 3.05) is 0 Å². The van der Waals surface area contributed by atoms with Gasteiger partial charge in [0.15, 0.2) is 0 Å². The molecule has 0 aliphatic carbocycles. The van der Waals surface area contributed by atoms with Crippen LogP contribution in [-0.4, -0.2) is 21.8 Å². The first-order chi connectivity index (χ1) is 8.78. The molecule has 0 aromatic heterocycles. The van der Waals surface area contributed by atoms with Gasteiger partial charge in [0.2, 0.25) is 0 Å². The standard InChI is InChI=1S/C16H30O3/c1-6-10-13(14(17)18)16(8-3,9-4)12-11-15(5,19)7-2/h10,19H,6-9,11-12H2,1-5H3,(H,17,18). The Morgan fingerprint density at radius 3 is 1.89 bits per heavy atom. The van der Waals surface area contributed by atoms with Crippen LogP contribution in [0.4, 0.5) is 0 Å². The van der Waals surface area contributed by atoms with Gasteiger partial charge in [-0.2, -0.15) is 0 Å². The van der Waals surface area contributed by atoms with Crippen LogP contribution >= 0.6 is 0 Å². The smallest absolute Gasteiger partial charge is 0.331 e. The summed E-state index contributed by atoms with van der Waals surface area (Å²) in [7, 11) is 0. The number of carboxylic acids is 1. The molecule has 0 aliphatic rings. The van der Waals surface area contributed by atoms with E-state index in [9.17, 15) is 15.0 Å².